The molecule has 4 atom stereocenters. The Morgan fingerprint density at radius 1 is 1.26 bits per heavy atom. The van der Waals surface area contributed by atoms with Crippen molar-refractivity contribution in [3.05, 3.63) is 30.3 Å². The first-order valence-electron chi connectivity index (χ1n) is 8.58. The Hall–Kier alpha value is -0.650. The van der Waals surface area contributed by atoms with E-state index in [2.05, 4.69) is 47.4 Å². The molecule has 126 valence electrons. The van der Waals surface area contributed by atoms with E-state index in [1.807, 2.05) is 11.8 Å². The van der Waals surface area contributed by atoms with Crippen LogP contribution in [0.1, 0.15) is 32.1 Å². The summed E-state index contributed by atoms with van der Waals surface area (Å²) in [5, 5.41) is 4.73. The van der Waals surface area contributed by atoms with Crippen molar-refractivity contribution in [2.75, 3.05) is 12.3 Å². The average Bonchev–Trinajstić information content (AvgIpc) is 2.97. The first-order chi connectivity index (χ1) is 11.2. The summed E-state index contributed by atoms with van der Waals surface area (Å²) in [5.41, 5.74) is 5.43. The van der Waals surface area contributed by atoms with E-state index in [9.17, 15) is 4.79 Å². The molecule has 5 heteroatoms. The predicted octanol–water partition coefficient (Wildman–Crippen LogP) is 3.29. The van der Waals surface area contributed by atoms with Crippen molar-refractivity contribution in [3.63, 3.8) is 0 Å². The minimum absolute atomic E-state index is 0.107. The van der Waals surface area contributed by atoms with Crippen LogP contribution >= 0.6 is 23.5 Å². The van der Waals surface area contributed by atoms with Gasteiger partial charge in [-0.25, -0.2) is 0 Å². The number of rotatable bonds is 7. The number of nitrogens with one attached hydrogen (secondary N) is 1. The smallest absolute Gasteiger partial charge is 0.234 e. The van der Waals surface area contributed by atoms with Crippen molar-refractivity contribution >= 4 is 29.4 Å². The highest BCUT2D eigenvalue weighted by Gasteiger charge is 2.40. The number of unbranched alkanes of at least 4 members (excludes halogenated alkanes) is 1. The Morgan fingerprint density at radius 2 is 2.09 bits per heavy atom. The molecule has 3 nitrogen and oxygen atoms in total. The van der Waals surface area contributed by atoms with Crippen LogP contribution in [0.4, 0.5) is 0 Å². The zero-order valence-electron chi connectivity index (χ0n) is 13.4. The van der Waals surface area contributed by atoms with Gasteiger partial charge in [-0.3, -0.25) is 4.79 Å². The second-order valence-corrected chi connectivity index (χ2v) is 9.26. The molecule has 1 aromatic rings. The van der Waals surface area contributed by atoms with Crippen LogP contribution in [0.3, 0.4) is 0 Å². The van der Waals surface area contributed by atoms with Gasteiger partial charge in [0.25, 0.3) is 0 Å². The average molecular weight is 351 g/mol. The quantitative estimate of drug-likeness (QED) is 0.585. The molecule has 0 saturated carbocycles. The Bertz CT molecular complexity index is 511. The molecule has 4 unspecified atom stereocenters. The Morgan fingerprint density at radius 3 is 2.87 bits per heavy atom. The van der Waals surface area contributed by atoms with Gasteiger partial charge in [0, 0.05) is 15.4 Å². The highest BCUT2D eigenvalue weighted by Crippen LogP contribution is 2.44. The number of carbonyl (C=O) groups excluding carboxylic acids is 1. The standard InChI is InChI=1S/C18H26N2OS2/c19-18(21)16-11-17-13(12-20-16)10-15(23-17)8-4-5-9-22-14-6-2-1-3-7-14/h1-3,6-7,13,15-17,20H,4-5,8-12H2,(H2,19,21). The van der Waals surface area contributed by atoms with Crippen molar-refractivity contribution in [1.29, 1.82) is 0 Å². The SMILES string of the molecule is NC(=O)C1CC2SC(CCCCSc3ccccc3)CC2CN1. The number of nitrogens with two attached hydrogens (primary N) is 1. The van der Waals surface area contributed by atoms with Gasteiger partial charge in [-0.2, -0.15) is 11.8 Å². The van der Waals surface area contributed by atoms with E-state index in [4.69, 9.17) is 5.73 Å². The van der Waals surface area contributed by atoms with E-state index in [0.29, 0.717) is 5.25 Å². The summed E-state index contributed by atoms with van der Waals surface area (Å²) < 4.78 is 0. The van der Waals surface area contributed by atoms with Crippen molar-refractivity contribution in [2.24, 2.45) is 11.7 Å². The molecule has 2 heterocycles. The van der Waals surface area contributed by atoms with E-state index < -0.39 is 0 Å². The summed E-state index contributed by atoms with van der Waals surface area (Å²) in [6.07, 6.45) is 6.14. The van der Waals surface area contributed by atoms with Gasteiger partial charge in [0.05, 0.1) is 6.04 Å². The van der Waals surface area contributed by atoms with Gasteiger partial charge < -0.3 is 11.1 Å². The third-order valence-corrected chi connectivity index (χ3v) is 7.67. The third kappa shape index (κ3) is 4.91. The molecule has 3 rings (SSSR count). The van der Waals surface area contributed by atoms with Crippen LogP contribution in [-0.2, 0) is 4.79 Å². The molecular formula is C18H26N2OS2. The van der Waals surface area contributed by atoms with Gasteiger partial charge in [-0.05, 0) is 56.0 Å². The summed E-state index contributed by atoms with van der Waals surface area (Å²) in [6.45, 7) is 0.964. The number of benzene rings is 1. The molecule has 2 fully saturated rings. The highest BCUT2D eigenvalue weighted by atomic mass is 32.2. The fraction of sp³-hybridized carbons (Fsp3) is 0.611. The van der Waals surface area contributed by atoms with E-state index in [1.54, 1.807) is 0 Å². The van der Waals surface area contributed by atoms with Crippen molar-refractivity contribution in [3.8, 4) is 0 Å². The molecule has 0 aromatic heterocycles. The number of thioether (sulfide) groups is 2. The number of hydrogen-bond acceptors (Lipinski definition) is 4. The van der Waals surface area contributed by atoms with E-state index >= 15 is 0 Å². The van der Waals surface area contributed by atoms with Gasteiger partial charge in [0.2, 0.25) is 5.91 Å². The number of hydrogen-bond donors (Lipinski definition) is 2. The molecular weight excluding hydrogens is 324 g/mol. The van der Waals surface area contributed by atoms with E-state index in [0.717, 1.165) is 24.1 Å². The maximum Gasteiger partial charge on any atom is 0.234 e. The molecule has 3 N–H and O–H groups in total. The van der Waals surface area contributed by atoms with Crippen molar-refractivity contribution in [2.45, 2.75) is 53.5 Å². The summed E-state index contributed by atoms with van der Waals surface area (Å²) in [4.78, 5) is 12.7. The van der Waals surface area contributed by atoms with Crippen LogP contribution in [0, 0.1) is 5.92 Å². The summed E-state index contributed by atoms with van der Waals surface area (Å²) >= 11 is 4.07. The summed E-state index contributed by atoms with van der Waals surface area (Å²) in [6, 6.07) is 10.5. The van der Waals surface area contributed by atoms with E-state index in [1.165, 1.54) is 36.3 Å². The van der Waals surface area contributed by atoms with Crippen LogP contribution in [0.5, 0.6) is 0 Å². The number of primary amides is 1. The number of amides is 1. The minimum Gasteiger partial charge on any atom is -0.368 e. The molecule has 0 spiro atoms. The fourth-order valence-electron chi connectivity index (χ4n) is 3.56. The van der Waals surface area contributed by atoms with Crippen LogP contribution in [0.2, 0.25) is 0 Å². The summed E-state index contributed by atoms with van der Waals surface area (Å²) in [7, 11) is 0. The Kier molecular flexibility index (Phi) is 6.31. The van der Waals surface area contributed by atoms with Crippen LogP contribution in [-0.4, -0.2) is 34.7 Å². The first-order valence-corrected chi connectivity index (χ1v) is 10.5. The highest BCUT2D eigenvalue weighted by molar-refractivity contribution is 8.00. The molecule has 0 radical (unpaired) electrons. The number of carbonyl (C=O) groups is 1. The molecule has 2 saturated heterocycles. The van der Waals surface area contributed by atoms with Gasteiger partial charge in [0.1, 0.15) is 0 Å². The second-order valence-electron chi connectivity index (χ2n) is 6.55. The lowest BCUT2D eigenvalue weighted by Crippen LogP contribution is -2.50. The lowest BCUT2D eigenvalue weighted by Gasteiger charge is -2.30. The van der Waals surface area contributed by atoms with Gasteiger partial charge in [-0.15, -0.1) is 11.8 Å². The maximum atomic E-state index is 11.3. The number of piperidine rings is 1. The monoisotopic (exact) mass is 350 g/mol. The van der Waals surface area contributed by atoms with Gasteiger partial charge in [0.15, 0.2) is 0 Å². The second kappa shape index (κ2) is 8.45. The molecule has 2 aliphatic rings. The normalized spacial score (nSPS) is 30.1. The van der Waals surface area contributed by atoms with Crippen LogP contribution in [0.15, 0.2) is 35.2 Å². The van der Waals surface area contributed by atoms with Crippen molar-refractivity contribution in [1.82, 2.24) is 5.32 Å². The third-order valence-electron chi connectivity index (χ3n) is 4.83. The van der Waals surface area contributed by atoms with E-state index in [-0.39, 0.29) is 11.9 Å². The van der Waals surface area contributed by atoms with Gasteiger partial charge in [-0.1, -0.05) is 24.6 Å². The Balaban J connectivity index is 1.32. The van der Waals surface area contributed by atoms with Gasteiger partial charge >= 0.3 is 0 Å². The molecule has 2 aliphatic heterocycles. The lowest BCUT2D eigenvalue weighted by molar-refractivity contribution is -0.120. The summed E-state index contributed by atoms with van der Waals surface area (Å²) in [5.74, 6) is 1.75. The van der Waals surface area contributed by atoms with Crippen molar-refractivity contribution < 1.29 is 4.79 Å². The fourth-order valence-corrected chi connectivity index (χ4v) is 6.38. The lowest BCUT2D eigenvalue weighted by atomic mass is 9.90. The first kappa shape index (κ1) is 17.2. The molecule has 0 aliphatic carbocycles. The molecule has 0 bridgehead atoms. The van der Waals surface area contributed by atoms with Crippen LogP contribution in [0.25, 0.3) is 0 Å². The predicted molar refractivity (Wildman–Crippen MR) is 99.9 cm³/mol. The zero-order valence-corrected chi connectivity index (χ0v) is 15.1. The largest absolute Gasteiger partial charge is 0.368 e. The molecule has 23 heavy (non-hydrogen) atoms. The maximum absolute atomic E-state index is 11.3. The Labute approximate surface area is 147 Å². The van der Waals surface area contributed by atoms with Crippen LogP contribution < -0.4 is 11.1 Å². The number of fused-ring (bicyclic) bond motifs is 1. The molecule has 1 amide bonds. The molecule has 1 aromatic carbocycles. The minimum atomic E-state index is -0.189. The zero-order chi connectivity index (χ0) is 16.1. The topological polar surface area (TPSA) is 55.1 Å².